The summed E-state index contributed by atoms with van der Waals surface area (Å²) < 4.78 is 14.8. The van der Waals surface area contributed by atoms with E-state index >= 15 is 0 Å². The first-order chi connectivity index (χ1) is 9.47. The van der Waals surface area contributed by atoms with Crippen molar-refractivity contribution in [2.24, 2.45) is 11.7 Å². The maximum absolute atomic E-state index is 11.4. The van der Waals surface area contributed by atoms with E-state index < -0.39 is 5.91 Å². The van der Waals surface area contributed by atoms with E-state index in [-0.39, 0.29) is 36.5 Å². The molecule has 2 atom stereocenters. The molecule has 0 spiro atoms. The minimum atomic E-state index is -0.645. The van der Waals surface area contributed by atoms with Crippen LogP contribution in [-0.2, 0) is 14.3 Å². The zero-order valence-corrected chi connectivity index (χ0v) is 12.2. The number of carbonyl (C=O) groups excluding carboxylic acids is 2. The fourth-order valence-corrected chi connectivity index (χ4v) is 2.55. The highest BCUT2D eigenvalue weighted by Gasteiger charge is 2.30. The van der Waals surface area contributed by atoms with E-state index in [1.165, 1.54) is 0 Å². The molecule has 0 aliphatic carbocycles. The highest BCUT2D eigenvalue weighted by atomic mass is 32.1. The molecule has 8 heteroatoms. The second-order valence-electron chi connectivity index (χ2n) is 4.93. The van der Waals surface area contributed by atoms with E-state index in [1.54, 1.807) is 13.8 Å². The van der Waals surface area contributed by atoms with Crippen LogP contribution in [0.5, 0.6) is 0 Å². The number of carbonyl (C=O) groups is 2. The average Bonchev–Trinajstić information content (AvgIpc) is 3.04. The summed E-state index contributed by atoms with van der Waals surface area (Å²) in [7, 11) is 0. The summed E-state index contributed by atoms with van der Waals surface area (Å²) in [5.74, 6) is -1.01. The molecular weight excluding hydrogens is 282 g/mol. The van der Waals surface area contributed by atoms with E-state index in [2.05, 4.69) is 9.36 Å². The summed E-state index contributed by atoms with van der Waals surface area (Å²) in [4.78, 5) is 26.4. The number of esters is 1. The first-order valence-electron chi connectivity index (χ1n) is 6.43. The Hall–Kier alpha value is -1.54. The number of primary amides is 1. The van der Waals surface area contributed by atoms with Crippen LogP contribution in [-0.4, -0.2) is 33.9 Å². The normalized spacial score (nSPS) is 22.1. The number of aromatic nitrogens is 2. The molecule has 1 aliphatic rings. The number of rotatable bonds is 5. The lowest BCUT2D eigenvalue weighted by atomic mass is 10.2. The van der Waals surface area contributed by atoms with Crippen LogP contribution in [0.2, 0.25) is 0 Å². The highest BCUT2D eigenvalue weighted by Crippen LogP contribution is 2.33. The number of nitrogens with two attached hydrogens (primary N) is 1. The lowest BCUT2D eigenvalue weighted by Gasteiger charge is -2.13. The third kappa shape index (κ3) is 3.51. The van der Waals surface area contributed by atoms with E-state index in [4.69, 9.17) is 15.2 Å². The Balaban J connectivity index is 1.85. The van der Waals surface area contributed by atoms with Gasteiger partial charge in [-0.05, 0) is 24.4 Å². The molecular formula is C12H17N3O4S. The fourth-order valence-electron chi connectivity index (χ4n) is 1.82. The van der Waals surface area contributed by atoms with Crippen LogP contribution in [0, 0.1) is 5.92 Å². The second kappa shape index (κ2) is 6.27. The molecule has 1 fully saturated rings. The molecule has 0 bridgehead atoms. The van der Waals surface area contributed by atoms with Gasteiger partial charge in [0.05, 0.1) is 12.0 Å². The zero-order valence-electron chi connectivity index (χ0n) is 11.4. The zero-order chi connectivity index (χ0) is 14.7. The first kappa shape index (κ1) is 14.9. The van der Waals surface area contributed by atoms with Crippen LogP contribution in [0.3, 0.4) is 0 Å². The lowest BCUT2D eigenvalue weighted by Crippen LogP contribution is -2.21. The molecule has 1 amide bonds. The van der Waals surface area contributed by atoms with Gasteiger partial charge in [-0.15, -0.1) is 0 Å². The van der Waals surface area contributed by atoms with Crippen LogP contribution < -0.4 is 5.73 Å². The Labute approximate surface area is 120 Å². The molecule has 1 aromatic heterocycles. The quantitative estimate of drug-likeness (QED) is 0.815. The molecule has 0 radical (unpaired) electrons. The Morgan fingerprint density at radius 2 is 2.25 bits per heavy atom. The molecule has 110 valence electrons. The van der Waals surface area contributed by atoms with Gasteiger partial charge in [0, 0.05) is 0 Å². The van der Waals surface area contributed by atoms with Crippen molar-refractivity contribution in [3.63, 3.8) is 0 Å². The van der Waals surface area contributed by atoms with E-state index in [9.17, 15) is 9.59 Å². The Morgan fingerprint density at radius 1 is 1.50 bits per heavy atom. The van der Waals surface area contributed by atoms with Crippen LogP contribution in [0.4, 0.5) is 0 Å². The van der Waals surface area contributed by atoms with Crippen molar-refractivity contribution in [2.75, 3.05) is 6.61 Å². The maximum atomic E-state index is 11.4. The van der Waals surface area contributed by atoms with Gasteiger partial charge in [-0.2, -0.15) is 4.37 Å². The van der Waals surface area contributed by atoms with Gasteiger partial charge < -0.3 is 15.2 Å². The number of ether oxygens (including phenoxy) is 2. The van der Waals surface area contributed by atoms with Gasteiger partial charge in [-0.3, -0.25) is 9.59 Å². The average molecular weight is 299 g/mol. The summed E-state index contributed by atoms with van der Waals surface area (Å²) >= 11 is 1.11. The SMILES string of the molecule is CC(C)C(=O)OCC1CC[C@H](c2nc(C(N)=O)ns2)O1. The number of hydrogen-bond acceptors (Lipinski definition) is 7. The van der Waals surface area contributed by atoms with Crippen molar-refractivity contribution >= 4 is 23.4 Å². The molecule has 0 saturated carbocycles. The number of nitrogens with zero attached hydrogens (tertiary/aromatic N) is 2. The van der Waals surface area contributed by atoms with Gasteiger partial charge in [0.2, 0.25) is 5.82 Å². The van der Waals surface area contributed by atoms with Crippen molar-refractivity contribution in [3.05, 3.63) is 10.8 Å². The van der Waals surface area contributed by atoms with Gasteiger partial charge in [0.25, 0.3) is 5.91 Å². The second-order valence-corrected chi connectivity index (χ2v) is 5.71. The lowest BCUT2D eigenvalue weighted by molar-refractivity contribution is -0.151. The van der Waals surface area contributed by atoms with Crippen molar-refractivity contribution in [1.29, 1.82) is 0 Å². The van der Waals surface area contributed by atoms with Crippen LogP contribution in [0.15, 0.2) is 0 Å². The molecule has 2 N–H and O–H groups in total. The van der Waals surface area contributed by atoms with Crippen LogP contribution in [0.1, 0.15) is 48.4 Å². The van der Waals surface area contributed by atoms with E-state index in [0.717, 1.165) is 24.4 Å². The van der Waals surface area contributed by atoms with Gasteiger partial charge in [-0.25, -0.2) is 4.98 Å². The molecule has 2 heterocycles. The van der Waals surface area contributed by atoms with Crippen LogP contribution >= 0.6 is 11.5 Å². The molecule has 1 saturated heterocycles. The molecule has 7 nitrogen and oxygen atoms in total. The van der Waals surface area contributed by atoms with Crippen LogP contribution in [0.25, 0.3) is 0 Å². The molecule has 1 unspecified atom stereocenters. The Morgan fingerprint density at radius 3 is 2.85 bits per heavy atom. The Bertz CT molecular complexity index is 503. The van der Waals surface area contributed by atoms with Gasteiger partial charge in [0.15, 0.2) is 0 Å². The molecule has 1 aromatic rings. The first-order valence-corrected chi connectivity index (χ1v) is 7.20. The van der Waals surface area contributed by atoms with E-state index in [0.29, 0.717) is 5.01 Å². The van der Waals surface area contributed by atoms with Crippen molar-refractivity contribution in [2.45, 2.75) is 38.9 Å². The van der Waals surface area contributed by atoms with Gasteiger partial charge >= 0.3 is 5.97 Å². The minimum absolute atomic E-state index is 0.0169. The summed E-state index contributed by atoms with van der Waals surface area (Å²) in [5.41, 5.74) is 5.11. The Kier molecular flexibility index (Phi) is 4.66. The smallest absolute Gasteiger partial charge is 0.308 e. The summed E-state index contributed by atoms with van der Waals surface area (Å²) in [6, 6.07) is 0. The largest absolute Gasteiger partial charge is 0.463 e. The number of hydrogen-bond donors (Lipinski definition) is 1. The summed E-state index contributed by atoms with van der Waals surface area (Å²) in [6.45, 7) is 3.81. The standard InChI is InChI=1S/C12H17N3O4S/c1-6(2)12(17)18-5-7-3-4-8(19-7)11-14-10(9(13)16)15-20-11/h6-8H,3-5H2,1-2H3,(H2,13,16)/t7?,8-/m1/s1. The minimum Gasteiger partial charge on any atom is -0.463 e. The molecule has 20 heavy (non-hydrogen) atoms. The van der Waals surface area contributed by atoms with E-state index in [1.807, 2.05) is 0 Å². The maximum Gasteiger partial charge on any atom is 0.308 e. The van der Waals surface area contributed by atoms with Gasteiger partial charge in [-0.1, -0.05) is 13.8 Å². The monoisotopic (exact) mass is 299 g/mol. The summed E-state index contributed by atoms with van der Waals surface area (Å²) in [6.07, 6.45) is 1.20. The van der Waals surface area contributed by atoms with Gasteiger partial charge in [0.1, 0.15) is 17.7 Å². The highest BCUT2D eigenvalue weighted by molar-refractivity contribution is 7.05. The predicted molar refractivity (Wildman–Crippen MR) is 71.1 cm³/mol. The fraction of sp³-hybridized carbons (Fsp3) is 0.667. The molecule has 0 aromatic carbocycles. The van der Waals surface area contributed by atoms with Crippen molar-refractivity contribution in [1.82, 2.24) is 9.36 Å². The molecule has 2 rings (SSSR count). The molecule has 1 aliphatic heterocycles. The van der Waals surface area contributed by atoms with Crippen molar-refractivity contribution in [3.8, 4) is 0 Å². The topological polar surface area (TPSA) is 104 Å². The summed E-state index contributed by atoms with van der Waals surface area (Å²) in [5, 5.41) is 0.636. The number of amides is 1. The third-order valence-electron chi connectivity index (χ3n) is 2.93. The predicted octanol–water partition coefficient (Wildman–Crippen LogP) is 1.06. The third-order valence-corrected chi connectivity index (χ3v) is 3.73. The van der Waals surface area contributed by atoms with Crippen molar-refractivity contribution < 1.29 is 19.1 Å².